The van der Waals surface area contributed by atoms with Gasteiger partial charge in [-0.1, -0.05) is 30.3 Å². The van der Waals surface area contributed by atoms with Crippen LogP contribution in [0.15, 0.2) is 30.3 Å². The third-order valence-corrected chi connectivity index (χ3v) is 4.11. The number of nitrogens with two attached hydrogens (primary N) is 1. The first kappa shape index (κ1) is 15.4. The third-order valence-electron chi connectivity index (χ3n) is 4.11. The number of aliphatic hydroxyl groups is 1. The molecule has 20 heavy (non-hydrogen) atoms. The average molecular weight is 278 g/mol. The van der Waals surface area contributed by atoms with Crippen molar-refractivity contribution in [1.82, 2.24) is 4.90 Å². The fourth-order valence-electron chi connectivity index (χ4n) is 2.70. The predicted molar refractivity (Wildman–Crippen MR) is 80.5 cm³/mol. The lowest BCUT2D eigenvalue weighted by molar-refractivity contribution is 0.0765. The van der Waals surface area contributed by atoms with Crippen molar-refractivity contribution < 1.29 is 9.84 Å². The van der Waals surface area contributed by atoms with Crippen LogP contribution < -0.4 is 5.73 Å². The van der Waals surface area contributed by atoms with E-state index in [9.17, 15) is 5.11 Å². The number of benzene rings is 1. The maximum absolute atomic E-state index is 9.67. The summed E-state index contributed by atoms with van der Waals surface area (Å²) in [5, 5.41) is 9.67. The van der Waals surface area contributed by atoms with E-state index >= 15 is 0 Å². The second kappa shape index (κ2) is 7.18. The van der Waals surface area contributed by atoms with E-state index in [2.05, 4.69) is 11.9 Å². The highest BCUT2D eigenvalue weighted by atomic mass is 16.5. The summed E-state index contributed by atoms with van der Waals surface area (Å²) in [5.41, 5.74) is 6.70. The van der Waals surface area contributed by atoms with Crippen molar-refractivity contribution >= 4 is 0 Å². The van der Waals surface area contributed by atoms with Gasteiger partial charge in [0.15, 0.2) is 0 Å². The number of ether oxygens (including phenoxy) is 1. The first-order chi connectivity index (χ1) is 9.64. The SMILES string of the molecule is CN(CCC(N)(CO)c1ccccc1)CC1CCCO1. The van der Waals surface area contributed by atoms with Crippen LogP contribution in [0.1, 0.15) is 24.8 Å². The van der Waals surface area contributed by atoms with Gasteiger partial charge in [0.25, 0.3) is 0 Å². The van der Waals surface area contributed by atoms with E-state index in [4.69, 9.17) is 10.5 Å². The van der Waals surface area contributed by atoms with Crippen molar-refractivity contribution in [2.24, 2.45) is 5.73 Å². The van der Waals surface area contributed by atoms with Crippen LogP contribution in [0.4, 0.5) is 0 Å². The smallest absolute Gasteiger partial charge is 0.0702 e. The van der Waals surface area contributed by atoms with E-state index in [0.29, 0.717) is 6.10 Å². The van der Waals surface area contributed by atoms with Gasteiger partial charge < -0.3 is 20.5 Å². The van der Waals surface area contributed by atoms with E-state index in [1.165, 1.54) is 6.42 Å². The topological polar surface area (TPSA) is 58.7 Å². The van der Waals surface area contributed by atoms with Crippen molar-refractivity contribution in [2.75, 3.05) is 33.4 Å². The van der Waals surface area contributed by atoms with Gasteiger partial charge in [0.1, 0.15) is 0 Å². The van der Waals surface area contributed by atoms with Gasteiger partial charge in [0.05, 0.1) is 18.2 Å². The monoisotopic (exact) mass is 278 g/mol. The van der Waals surface area contributed by atoms with E-state index in [0.717, 1.165) is 38.1 Å². The second-order valence-corrected chi connectivity index (χ2v) is 5.83. The Morgan fingerprint density at radius 3 is 2.75 bits per heavy atom. The molecule has 0 spiro atoms. The van der Waals surface area contributed by atoms with Crippen LogP contribution in [0.2, 0.25) is 0 Å². The van der Waals surface area contributed by atoms with Crippen LogP contribution in [0.5, 0.6) is 0 Å². The first-order valence-electron chi connectivity index (χ1n) is 7.39. The molecule has 4 heteroatoms. The highest BCUT2D eigenvalue weighted by Gasteiger charge is 2.27. The Bertz CT molecular complexity index is 393. The van der Waals surface area contributed by atoms with Crippen molar-refractivity contribution in [2.45, 2.75) is 30.9 Å². The quantitative estimate of drug-likeness (QED) is 0.790. The van der Waals surface area contributed by atoms with Gasteiger partial charge in [-0.25, -0.2) is 0 Å². The van der Waals surface area contributed by atoms with Crippen LogP contribution in [0, 0.1) is 0 Å². The minimum absolute atomic E-state index is 0.0369. The Hall–Kier alpha value is -0.940. The fraction of sp³-hybridized carbons (Fsp3) is 0.625. The molecule has 1 fully saturated rings. The molecule has 0 saturated carbocycles. The first-order valence-corrected chi connectivity index (χ1v) is 7.39. The minimum Gasteiger partial charge on any atom is -0.394 e. The van der Waals surface area contributed by atoms with E-state index in [-0.39, 0.29) is 6.61 Å². The molecule has 0 radical (unpaired) electrons. The van der Waals surface area contributed by atoms with Gasteiger partial charge in [-0.2, -0.15) is 0 Å². The second-order valence-electron chi connectivity index (χ2n) is 5.83. The number of hydrogen-bond donors (Lipinski definition) is 2. The molecular formula is C16H26N2O2. The molecule has 4 nitrogen and oxygen atoms in total. The molecule has 2 unspecified atom stereocenters. The summed E-state index contributed by atoms with van der Waals surface area (Å²) in [4.78, 5) is 2.25. The summed E-state index contributed by atoms with van der Waals surface area (Å²) in [5.74, 6) is 0. The van der Waals surface area contributed by atoms with Gasteiger partial charge in [0.2, 0.25) is 0 Å². The molecule has 2 atom stereocenters. The number of aliphatic hydroxyl groups excluding tert-OH is 1. The van der Waals surface area contributed by atoms with Gasteiger partial charge in [0, 0.05) is 19.7 Å². The molecule has 1 aromatic carbocycles. The standard InChI is InChI=1S/C16H26N2O2/c1-18(12-15-8-5-11-20-15)10-9-16(17,13-19)14-6-3-2-4-7-14/h2-4,6-7,15,19H,5,8-13,17H2,1H3. The van der Waals surface area contributed by atoms with Crippen LogP contribution in [-0.4, -0.2) is 49.5 Å². The zero-order valence-electron chi connectivity index (χ0n) is 12.3. The normalized spacial score (nSPS) is 22.1. The number of rotatable bonds is 7. The van der Waals surface area contributed by atoms with Crippen molar-refractivity contribution in [3.8, 4) is 0 Å². The van der Waals surface area contributed by atoms with Crippen LogP contribution in [0.3, 0.4) is 0 Å². The van der Waals surface area contributed by atoms with Crippen molar-refractivity contribution in [3.05, 3.63) is 35.9 Å². The Labute approximate surface area is 121 Å². The summed E-state index contributed by atoms with van der Waals surface area (Å²) >= 11 is 0. The molecule has 112 valence electrons. The number of nitrogens with zero attached hydrogens (tertiary/aromatic N) is 1. The van der Waals surface area contributed by atoms with Crippen LogP contribution in [-0.2, 0) is 10.3 Å². The molecule has 2 rings (SSSR count). The zero-order chi connectivity index (χ0) is 14.4. The Kier molecular flexibility index (Phi) is 5.54. The molecule has 0 bridgehead atoms. The molecule has 1 aliphatic rings. The summed E-state index contributed by atoms with van der Waals surface area (Å²) in [6.45, 7) is 2.65. The highest BCUT2D eigenvalue weighted by Crippen LogP contribution is 2.22. The third kappa shape index (κ3) is 4.03. The maximum atomic E-state index is 9.67. The largest absolute Gasteiger partial charge is 0.394 e. The lowest BCUT2D eigenvalue weighted by atomic mass is 9.88. The highest BCUT2D eigenvalue weighted by molar-refractivity contribution is 5.24. The van der Waals surface area contributed by atoms with Gasteiger partial charge in [-0.05, 0) is 31.9 Å². The van der Waals surface area contributed by atoms with E-state index in [1.807, 2.05) is 30.3 Å². The summed E-state index contributed by atoms with van der Waals surface area (Å²) in [7, 11) is 2.09. The molecule has 0 aromatic heterocycles. The molecule has 1 aromatic rings. The number of likely N-dealkylation sites (N-methyl/N-ethyl adjacent to an activating group) is 1. The summed E-state index contributed by atoms with van der Waals surface area (Å²) < 4.78 is 5.64. The van der Waals surface area contributed by atoms with Gasteiger partial charge in [-0.15, -0.1) is 0 Å². The molecule has 1 aliphatic heterocycles. The van der Waals surface area contributed by atoms with Crippen molar-refractivity contribution in [1.29, 1.82) is 0 Å². The van der Waals surface area contributed by atoms with Gasteiger partial charge >= 0.3 is 0 Å². The Balaban J connectivity index is 1.86. The lowest BCUT2D eigenvalue weighted by Crippen LogP contribution is -2.44. The molecule has 3 N–H and O–H groups in total. The van der Waals surface area contributed by atoms with Crippen LogP contribution in [0.25, 0.3) is 0 Å². The molecule has 1 heterocycles. The summed E-state index contributed by atoms with van der Waals surface area (Å²) in [6.07, 6.45) is 3.41. The molecule has 0 amide bonds. The molecular weight excluding hydrogens is 252 g/mol. The van der Waals surface area contributed by atoms with E-state index < -0.39 is 5.54 Å². The van der Waals surface area contributed by atoms with Crippen LogP contribution >= 0.6 is 0 Å². The molecule has 1 saturated heterocycles. The minimum atomic E-state index is -0.661. The summed E-state index contributed by atoms with van der Waals surface area (Å²) in [6, 6.07) is 9.85. The number of hydrogen-bond acceptors (Lipinski definition) is 4. The predicted octanol–water partition coefficient (Wildman–Crippen LogP) is 1.33. The van der Waals surface area contributed by atoms with E-state index in [1.54, 1.807) is 0 Å². The molecule has 0 aliphatic carbocycles. The zero-order valence-corrected chi connectivity index (χ0v) is 12.3. The lowest BCUT2D eigenvalue weighted by Gasteiger charge is -2.30. The van der Waals surface area contributed by atoms with Gasteiger partial charge in [-0.3, -0.25) is 0 Å². The fourth-order valence-corrected chi connectivity index (χ4v) is 2.70. The Morgan fingerprint density at radius 2 is 2.15 bits per heavy atom. The maximum Gasteiger partial charge on any atom is 0.0702 e. The van der Waals surface area contributed by atoms with Crippen molar-refractivity contribution in [3.63, 3.8) is 0 Å². The Morgan fingerprint density at radius 1 is 1.40 bits per heavy atom. The average Bonchev–Trinajstić information content (AvgIpc) is 2.98.